The molecule has 112 valence electrons. The van der Waals surface area contributed by atoms with Crippen LogP contribution in [0.5, 0.6) is 0 Å². The second-order valence-corrected chi connectivity index (χ2v) is 6.22. The lowest BCUT2D eigenvalue weighted by Gasteiger charge is -2.21. The molecule has 0 bridgehead atoms. The molecule has 22 heavy (non-hydrogen) atoms. The number of thioether (sulfide) groups is 1. The number of nitrogens with zero attached hydrogens (tertiary/aromatic N) is 3. The summed E-state index contributed by atoms with van der Waals surface area (Å²) in [5.41, 5.74) is 2.90. The summed E-state index contributed by atoms with van der Waals surface area (Å²) >= 11 is 1.21. The number of rotatable bonds is 2. The molecule has 0 N–H and O–H groups in total. The number of fused-ring (bicyclic) bond motifs is 1. The highest BCUT2D eigenvalue weighted by Gasteiger charge is 2.40. The van der Waals surface area contributed by atoms with E-state index >= 15 is 0 Å². The van der Waals surface area contributed by atoms with E-state index in [1.165, 1.54) is 23.6 Å². The lowest BCUT2D eigenvalue weighted by atomic mass is 10.1. The Morgan fingerprint density at radius 3 is 2.45 bits per heavy atom. The molecular formula is C16H15N3O2S. The van der Waals surface area contributed by atoms with Crippen molar-refractivity contribution >= 4 is 29.1 Å². The zero-order chi connectivity index (χ0) is 15.9. The number of anilines is 1. The normalized spacial score (nSPS) is 16.8. The van der Waals surface area contributed by atoms with E-state index in [2.05, 4.69) is 9.97 Å². The smallest absolute Gasteiger partial charge is 0.225 e. The number of amides is 1. The number of benzene rings is 1. The molecule has 0 radical (unpaired) electrons. The Hall–Kier alpha value is -2.21. The highest BCUT2D eigenvalue weighted by atomic mass is 32.2. The number of aryl methyl sites for hydroxylation is 2. The van der Waals surface area contributed by atoms with Gasteiger partial charge >= 0.3 is 0 Å². The maximum atomic E-state index is 12.6. The average molecular weight is 313 g/mol. The summed E-state index contributed by atoms with van der Waals surface area (Å²) < 4.78 is 0. The molecule has 2 aromatic rings. The van der Waals surface area contributed by atoms with Gasteiger partial charge in [0.15, 0.2) is 16.3 Å². The topological polar surface area (TPSA) is 63.2 Å². The van der Waals surface area contributed by atoms with Gasteiger partial charge in [-0.05, 0) is 32.0 Å². The molecular weight excluding hydrogens is 298 g/mol. The van der Waals surface area contributed by atoms with E-state index in [0.717, 1.165) is 11.4 Å². The molecule has 2 heterocycles. The van der Waals surface area contributed by atoms with Crippen molar-refractivity contribution in [2.45, 2.75) is 31.3 Å². The van der Waals surface area contributed by atoms with Crippen molar-refractivity contribution in [3.05, 3.63) is 47.3 Å². The fraction of sp³-hybridized carbons (Fsp3) is 0.250. The van der Waals surface area contributed by atoms with Crippen molar-refractivity contribution < 1.29 is 9.59 Å². The van der Waals surface area contributed by atoms with Gasteiger partial charge in [0.25, 0.3) is 0 Å². The summed E-state index contributed by atoms with van der Waals surface area (Å²) in [4.78, 5) is 34.8. The average Bonchev–Trinajstić information content (AvgIpc) is 2.71. The third-order valence-electron chi connectivity index (χ3n) is 3.41. The van der Waals surface area contributed by atoms with Crippen LogP contribution in [0.1, 0.15) is 28.7 Å². The van der Waals surface area contributed by atoms with Gasteiger partial charge in [-0.15, -0.1) is 0 Å². The number of Topliss-reactive ketones (excluding diaryl/α,β-unsaturated/α-hetero) is 1. The molecule has 1 aliphatic heterocycles. The van der Waals surface area contributed by atoms with E-state index in [1.54, 1.807) is 18.2 Å². The summed E-state index contributed by atoms with van der Waals surface area (Å²) in [6, 6.07) is 9.03. The molecule has 5 nitrogen and oxygen atoms in total. The van der Waals surface area contributed by atoms with Gasteiger partial charge in [0.1, 0.15) is 0 Å². The summed E-state index contributed by atoms with van der Waals surface area (Å²) in [7, 11) is 0. The molecule has 1 aromatic heterocycles. The first-order valence-corrected chi connectivity index (χ1v) is 7.77. The number of ketones is 1. The zero-order valence-electron chi connectivity index (χ0n) is 12.5. The van der Waals surface area contributed by atoms with Crippen LogP contribution in [-0.4, -0.2) is 27.0 Å². The van der Waals surface area contributed by atoms with E-state index in [0.29, 0.717) is 16.4 Å². The van der Waals surface area contributed by atoms with Crippen LogP contribution < -0.4 is 4.90 Å². The summed E-state index contributed by atoms with van der Waals surface area (Å²) in [6.07, 6.45) is 0. The third kappa shape index (κ3) is 2.50. The van der Waals surface area contributed by atoms with Gasteiger partial charge in [-0.2, -0.15) is 0 Å². The van der Waals surface area contributed by atoms with Crippen molar-refractivity contribution in [2.75, 3.05) is 4.90 Å². The first-order chi connectivity index (χ1) is 10.5. The minimum atomic E-state index is -0.643. The molecule has 0 saturated carbocycles. The fourth-order valence-electron chi connectivity index (χ4n) is 2.56. The van der Waals surface area contributed by atoms with Gasteiger partial charge in [-0.3, -0.25) is 14.5 Å². The van der Waals surface area contributed by atoms with Gasteiger partial charge in [-0.25, -0.2) is 9.97 Å². The van der Waals surface area contributed by atoms with Crippen LogP contribution >= 0.6 is 11.8 Å². The summed E-state index contributed by atoms with van der Waals surface area (Å²) in [5.74, 6) is -0.251. The van der Waals surface area contributed by atoms with Crippen LogP contribution in [0.2, 0.25) is 0 Å². The Morgan fingerprint density at radius 2 is 1.82 bits per heavy atom. The highest BCUT2D eigenvalue weighted by Crippen LogP contribution is 2.38. The summed E-state index contributed by atoms with van der Waals surface area (Å²) in [6.45, 7) is 5.23. The zero-order valence-corrected chi connectivity index (χ0v) is 13.3. The van der Waals surface area contributed by atoms with Crippen LogP contribution in [0.4, 0.5) is 5.69 Å². The first-order valence-electron chi connectivity index (χ1n) is 6.89. The van der Waals surface area contributed by atoms with E-state index in [4.69, 9.17) is 0 Å². The largest absolute Gasteiger partial charge is 0.291 e. The molecule has 1 aromatic carbocycles. The number of aromatic nitrogens is 2. The molecule has 0 spiro atoms. The molecule has 6 heteroatoms. The molecule has 1 atom stereocenters. The van der Waals surface area contributed by atoms with Crippen LogP contribution in [0, 0.1) is 13.8 Å². The molecule has 0 aliphatic carbocycles. The Balaban J connectivity index is 2.00. The van der Waals surface area contributed by atoms with Gasteiger partial charge in [0.2, 0.25) is 5.91 Å². The number of carbonyl (C=O) groups excluding carboxylic acids is 2. The quantitative estimate of drug-likeness (QED) is 0.798. The maximum absolute atomic E-state index is 12.6. The van der Waals surface area contributed by atoms with E-state index in [1.807, 2.05) is 26.0 Å². The molecule has 0 fully saturated rings. The van der Waals surface area contributed by atoms with Crippen molar-refractivity contribution in [3.63, 3.8) is 0 Å². The second kappa shape index (κ2) is 5.53. The van der Waals surface area contributed by atoms with Crippen LogP contribution in [0.25, 0.3) is 0 Å². The maximum Gasteiger partial charge on any atom is 0.225 e. The number of hydrogen-bond acceptors (Lipinski definition) is 5. The van der Waals surface area contributed by atoms with Crippen LogP contribution in [0.3, 0.4) is 0 Å². The first kappa shape index (κ1) is 14.7. The lowest BCUT2D eigenvalue weighted by Crippen LogP contribution is -2.36. The van der Waals surface area contributed by atoms with Gasteiger partial charge in [-0.1, -0.05) is 23.9 Å². The fourth-order valence-corrected chi connectivity index (χ4v) is 3.75. The minimum absolute atomic E-state index is 0.0847. The summed E-state index contributed by atoms with van der Waals surface area (Å²) in [5, 5.41) is -0.133. The Kier molecular flexibility index (Phi) is 3.70. The molecule has 1 aliphatic rings. The SMILES string of the molecule is CC(=O)N1c2ccccc2C(=O)C1Sc1nc(C)cc(C)n1. The van der Waals surface area contributed by atoms with E-state index in [9.17, 15) is 9.59 Å². The van der Waals surface area contributed by atoms with E-state index in [-0.39, 0.29) is 11.7 Å². The Labute approximate surface area is 132 Å². The van der Waals surface area contributed by atoms with Crippen LogP contribution in [0.15, 0.2) is 35.5 Å². The molecule has 1 amide bonds. The highest BCUT2D eigenvalue weighted by molar-refractivity contribution is 8.00. The van der Waals surface area contributed by atoms with Crippen molar-refractivity contribution in [2.24, 2.45) is 0 Å². The second-order valence-electron chi connectivity index (χ2n) is 5.17. The molecule has 3 rings (SSSR count). The van der Waals surface area contributed by atoms with Crippen molar-refractivity contribution in [3.8, 4) is 0 Å². The van der Waals surface area contributed by atoms with Crippen molar-refractivity contribution in [1.82, 2.24) is 9.97 Å². The minimum Gasteiger partial charge on any atom is -0.291 e. The predicted molar refractivity (Wildman–Crippen MR) is 85.1 cm³/mol. The molecule has 1 unspecified atom stereocenters. The van der Waals surface area contributed by atoms with Gasteiger partial charge in [0, 0.05) is 23.9 Å². The number of hydrogen-bond donors (Lipinski definition) is 0. The third-order valence-corrected chi connectivity index (χ3v) is 4.45. The predicted octanol–water partition coefficient (Wildman–Crippen LogP) is 2.76. The number of para-hydroxylation sites is 1. The Bertz CT molecular complexity index is 755. The monoisotopic (exact) mass is 313 g/mol. The number of carbonyl (C=O) groups is 2. The Morgan fingerprint density at radius 1 is 1.18 bits per heavy atom. The van der Waals surface area contributed by atoms with Gasteiger partial charge < -0.3 is 0 Å². The van der Waals surface area contributed by atoms with Gasteiger partial charge in [0.05, 0.1) is 5.69 Å². The van der Waals surface area contributed by atoms with E-state index < -0.39 is 5.37 Å². The van der Waals surface area contributed by atoms with Crippen LogP contribution in [-0.2, 0) is 4.79 Å². The standard InChI is InChI=1S/C16H15N3O2S/c1-9-8-10(2)18-16(17-9)22-15-14(21)12-6-4-5-7-13(12)19(15)11(3)20/h4-8,15H,1-3H3. The lowest BCUT2D eigenvalue weighted by molar-refractivity contribution is -0.116. The molecule has 0 saturated heterocycles. The van der Waals surface area contributed by atoms with Crippen molar-refractivity contribution in [1.29, 1.82) is 0 Å².